The number of nitrogens with one attached hydrogen (secondary N) is 2. The van der Waals surface area contributed by atoms with Crippen molar-refractivity contribution in [3.05, 3.63) is 71.9 Å². The first-order valence-corrected chi connectivity index (χ1v) is 9.26. The predicted octanol–water partition coefficient (Wildman–Crippen LogP) is 3.33. The van der Waals surface area contributed by atoms with E-state index in [4.69, 9.17) is 11.2 Å². The Morgan fingerprint density at radius 1 is 1.00 bits per heavy atom. The second-order valence-corrected chi connectivity index (χ2v) is 6.31. The Morgan fingerprint density at radius 2 is 1.75 bits per heavy atom. The Morgan fingerprint density at radius 3 is 2.54 bits per heavy atom. The summed E-state index contributed by atoms with van der Waals surface area (Å²) in [6, 6.07) is 17.6. The van der Waals surface area contributed by atoms with Crippen LogP contribution < -0.4 is 15.4 Å². The highest BCUT2D eigenvalue weighted by atomic mass is 16.5. The van der Waals surface area contributed by atoms with Crippen LogP contribution in [0.3, 0.4) is 0 Å². The summed E-state index contributed by atoms with van der Waals surface area (Å²) in [4.78, 5) is 16.4. The number of hydrogen-bond donors (Lipinski definition) is 2. The third kappa shape index (κ3) is 5.49. The molecule has 0 spiro atoms. The Balaban J connectivity index is 1.38. The van der Waals surface area contributed by atoms with E-state index in [1.807, 2.05) is 54.6 Å². The minimum atomic E-state index is -0.165. The van der Waals surface area contributed by atoms with Crippen LogP contribution in [-0.4, -0.2) is 30.7 Å². The molecule has 0 unspecified atom stereocenters. The highest BCUT2D eigenvalue weighted by molar-refractivity contribution is 5.81. The van der Waals surface area contributed by atoms with Crippen molar-refractivity contribution >= 4 is 16.9 Å². The molecular formula is C23H23N3O2. The van der Waals surface area contributed by atoms with Crippen LogP contribution in [0.5, 0.6) is 5.75 Å². The standard InChI is InChI=1S/C23H23N3O2/c1-2-17-28-21-10-8-18(9-11-21)12-15-25-23(27)26-16-13-20-6-3-5-19-7-4-14-24-22(19)20/h1,3-11,14H,12-13,15-17H2,(H2,25,26,27). The minimum Gasteiger partial charge on any atom is -0.481 e. The number of para-hydroxylation sites is 1. The van der Waals surface area contributed by atoms with Gasteiger partial charge in [-0.15, -0.1) is 6.42 Å². The first kappa shape index (κ1) is 19.2. The molecule has 142 valence electrons. The molecule has 2 aromatic carbocycles. The van der Waals surface area contributed by atoms with Crippen molar-refractivity contribution in [2.75, 3.05) is 19.7 Å². The minimum absolute atomic E-state index is 0.165. The number of pyridine rings is 1. The van der Waals surface area contributed by atoms with Gasteiger partial charge in [-0.1, -0.05) is 42.3 Å². The van der Waals surface area contributed by atoms with Crippen molar-refractivity contribution in [2.45, 2.75) is 12.8 Å². The fraction of sp³-hybridized carbons (Fsp3) is 0.217. The van der Waals surface area contributed by atoms with E-state index >= 15 is 0 Å². The van der Waals surface area contributed by atoms with E-state index in [0.717, 1.165) is 40.6 Å². The summed E-state index contributed by atoms with van der Waals surface area (Å²) in [7, 11) is 0. The number of urea groups is 1. The van der Waals surface area contributed by atoms with Crippen LogP contribution in [-0.2, 0) is 12.8 Å². The molecule has 5 nitrogen and oxygen atoms in total. The van der Waals surface area contributed by atoms with Crippen LogP contribution in [0.25, 0.3) is 10.9 Å². The molecule has 5 heteroatoms. The third-order valence-electron chi connectivity index (χ3n) is 4.34. The molecule has 0 bridgehead atoms. The maximum Gasteiger partial charge on any atom is 0.314 e. The van der Waals surface area contributed by atoms with Crippen molar-refractivity contribution in [3.63, 3.8) is 0 Å². The van der Waals surface area contributed by atoms with Gasteiger partial charge in [-0.3, -0.25) is 4.98 Å². The molecule has 0 saturated heterocycles. The second-order valence-electron chi connectivity index (χ2n) is 6.31. The van der Waals surface area contributed by atoms with E-state index in [9.17, 15) is 4.79 Å². The lowest BCUT2D eigenvalue weighted by molar-refractivity contribution is 0.241. The number of rotatable bonds is 8. The Bertz CT molecular complexity index is 956. The van der Waals surface area contributed by atoms with Gasteiger partial charge in [0.25, 0.3) is 0 Å². The van der Waals surface area contributed by atoms with E-state index in [1.54, 1.807) is 6.20 Å². The first-order valence-electron chi connectivity index (χ1n) is 9.26. The Hall–Kier alpha value is -3.52. The van der Waals surface area contributed by atoms with Crippen molar-refractivity contribution < 1.29 is 9.53 Å². The third-order valence-corrected chi connectivity index (χ3v) is 4.34. The van der Waals surface area contributed by atoms with Gasteiger partial charge in [0.1, 0.15) is 12.4 Å². The van der Waals surface area contributed by atoms with E-state index in [0.29, 0.717) is 13.1 Å². The summed E-state index contributed by atoms with van der Waals surface area (Å²) in [6.07, 6.45) is 8.44. The molecule has 0 fully saturated rings. The molecule has 28 heavy (non-hydrogen) atoms. The van der Waals surface area contributed by atoms with Crippen molar-refractivity contribution in [2.24, 2.45) is 0 Å². The van der Waals surface area contributed by atoms with Gasteiger partial charge in [0, 0.05) is 24.7 Å². The molecule has 2 amide bonds. The first-order chi connectivity index (χ1) is 13.8. The normalized spacial score (nSPS) is 10.2. The number of ether oxygens (including phenoxy) is 1. The lowest BCUT2D eigenvalue weighted by atomic mass is 10.1. The van der Waals surface area contributed by atoms with Crippen LogP contribution in [0.4, 0.5) is 4.79 Å². The highest BCUT2D eigenvalue weighted by Crippen LogP contribution is 2.16. The summed E-state index contributed by atoms with van der Waals surface area (Å²) in [5, 5.41) is 6.89. The fourth-order valence-electron chi connectivity index (χ4n) is 2.94. The van der Waals surface area contributed by atoms with Gasteiger partial charge >= 0.3 is 6.03 Å². The molecule has 2 N–H and O–H groups in total. The van der Waals surface area contributed by atoms with Gasteiger partial charge in [0.05, 0.1) is 5.52 Å². The zero-order valence-corrected chi connectivity index (χ0v) is 15.7. The molecule has 0 aliphatic rings. The van der Waals surface area contributed by atoms with Crippen LogP contribution >= 0.6 is 0 Å². The lowest BCUT2D eigenvalue weighted by Gasteiger charge is -2.09. The van der Waals surface area contributed by atoms with Crippen molar-refractivity contribution in [3.8, 4) is 18.1 Å². The summed E-state index contributed by atoms with van der Waals surface area (Å²) in [5.74, 6) is 3.18. The largest absolute Gasteiger partial charge is 0.481 e. The molecular weight excluding hydrogens is 350 g/mol. The van der Waals surface area contributed by atoms with Gasteiger partial charge in [-0.2, -0.15) is 0 Å². The van der Waals surface area contributed by atoms with Crippen LogP contribution in [0.1, 0.15) is 11.1 Å². The smallest absolute Gasteiger partial charge is 0.314 e. The SMILES string of the molecule is C#CCOc1ccc(CCNC(=O)NCCc2cccc3cccnc23)cc1. The molecule has 3 aromatic rings. The average Bonchev–Trinajstić information content (AvgIpc) is 2.73. The number of hydrogen-bond acceptors (Lipinski definition) is 3. The van der Waals surface area contributed by atoms with Crippen LogP contribution in [0.15, 0.2) is 60.8 Å². The van der Waals surface area contributed by atoms with Crippen molar-refractivity contribution in [1.82, 2.24) is 15.6 Å². The highest BCUT2D eigenvalue weighted by Gasteiger charge is 2.04. The number of carbonyl (C=O) groups is 1. The van der Waals surface area contributed by atoms with Gasteiger partial charge in [-0.25, -0.2) is 4.79 Å². The molecule has 0 saturated carbocycles. The zero-order valence-electron chi connectivity index (χ0n) is 15.7. The van der Waals surface area contributed by atoms with Crippen molar-refractivity contribution in [1.29, 1.82) is 0 Å². The summed E-state index contributed by atoms with van der Waals surface area (Å²) in [6.45, 7) is 1.38. The Labute approximate surface area is 165 Å². The quantitative estimate of drug-likeness (QED) is 0.596. The molecule has 0 atom stereocenters. The number of carbonyl (C=O) groups excluding carboxylic acids is 1. The topological polar surface area (TPSA) is 63.2 Å². The number of benzene rings is 2. The van der Waals surface area contributed by atoms with Gasteiger partial charge < -0.3 is 15.4 Å². The zero-order chi connectivity index (χ0) is 19.6. The number of nitrogens with zero attached hydrogens (tertiary/aromatic N) is 1. The molecule has 3 rings (SSSR count). The number of fused-ring (bicyclic) bond motifs is 1. The Kier molecular flexibility index (Phi) is 6.86. The fourth-order valence-corrected chi connectivity index (χ4v) is 2.94. The molecule has 0 aliphatic carbocycles. The summed E-state index contributed by atoms with van der Waals surface area (Å²) >= 11 is 0. The van der Waals surface area contributed by atoms with Gasteiger partial charge in [0.2, 0.25) is 0 Å². The number of amides is 2. The molecule has 1 aromatic heterocycles. The average molecular weight is 373 g/mol. The monoisotopic (exact) mass is 373 g/mol. The summed E-state index contributed by atoms with van der Waals surface area (Å²) < 4.78 is 5.34. The molecule has 0 aliphatic heterocycles. The summed E-state index contributed by atoms with van der Waals surface area (Å²) in [5.41, 5.74) is 3.24. The molecule has 1 heterocycles. The maximum atomic E-state index is 12.0. The maximum absolute atomic E-state index is 12.0. The van der Waals surface area contributed by atoms with Crippen LogP contribution in [0, 0.1) is 12.3 Å². The van der Waals surface area contributed by atoms with Gasteiger partial charge in [-0.05, 0) is 42.2 Å². The van der Waals surface area contributed by atoms with E-state index in [-0.39, 0.29) is 12.6 Å². The lowest BCUT2D eigenvalue weighted by Crippen LogP contribution is -2.37. The number of aromatic nitrogens is 1. The van der Waals surface area contributed by atoms with Crippen LogP contribution in [0.2, 0.25) is 0 Å². The van der Waals surface area contributed by atoms with Gasteiger partial charge in [0.15, 0.2) is 0 Å². The number of terminal acetylenes is 1. The van der Waals surface area contributed by atoms with E-state index in [2.05, 4.69) is 21.5 Å². The second kappa shape index (κ2) is 9.98. The predicted molar refractivity (Wildman–Crippen MR) is 111 cm³/mol. The van der Waals surface area contributed by atoms with E-state index < -0.39 is 0 Å². The molecule has 0 radical (unpaired) electrons. The van der Waals surface area contributed by atoms with E-state index in [1.165, 1.54) is 0 Å².